The van der Waals surface area contributed by atoms with E-state index < -0.39 is 11.9 Å². The summed E-state index contributed by atoms with van der Waals surface area (Å²) in [5.41, 5.74) is 2.14. The Morgan fingerprint density at radius 2 is 1.59 bits per heavy atom. The Bertz CT molecular complexity index is 1290. The van der Waals surface area contributed by atoms with Gasteiger partial charge in [-0.25, -0.2) is 4.98 Å². The summed E-state index contributed by atoms with van der Waals surface area (Å²) in [6.45, 7) is 4.99. The van der Waals surface area contributed by atoms with E-state index in [9.17, 15) is 18.0 Å². The number of halogens is 3. The van der Waals surface area contributed by atoms with Gasteiger partial charge in [-0.05, 0) is 43.7 Å². The Kier molecular flexibility index (Phi) is 5.33. The third kappa shape index (κ3) is 4.27. The van der Waals surface area contributed by atoms with Gasteiger partial charge in [0.15, 0.2) is 11.3 Å². The molecule has 6 nitrogen and oxygen atoms in total. The van der Waals surface area contributed by atoms with Crippen LogP contribution >= 0.6 is 0 Å². The van der Waals surface area contributed by atoms with Crippen molar-refractivity contribution in [1.82, 2.24) is 14.6 Å². The lowest BCUT2D eigenvalue weighted by Gasteiger charge is -2.11. The highest BCUT2D eigenvalue weighted by Crippen LogP contribution is 2.39. The van der Waals surface area contributed by atoms with Gasteiger partial charge in [0.2, 0.25) is 5.91 Å². The zero-order chi connectivity index (χ0) is 23.0. The predicted octanol–water partition coefficient (Wildman–Crippen LogP) is 5.73. The summed E-state index contributed by atoms with van der Waals surface area (Å²) in [6, 6.07) is 15.2. The minimum absolute atomic E-state index is 0.0646. The van der Waals surface area contributed by atoms with Crippen molar-refractivity contribution in [3.63, 3.8) is 0 Å². The first kappa shape index (κ1) is 21.4. The number of amides is 1. The quantitative estimate of drug-likeness (QED) is 0.426. The number of nitrogens with zero attached hydrogens (tertiary/aromatic N) is 3. The minimum atomic E-state index is -4.65. The SMILES string of the molecule is CC(=O)Nc1ccc(Nc2cc(C)nc3c(-c4ccc(C)cc4)c(C(F)(F)F)nn23)cc1. The van der Waals surface area contributed by atoms with Gasteiger partial charge in [0.05, 0.1) is 5.56 Å². The number of hydrogen-bond acceptors (Lipinski definition) is 4. The van der Waals surface area contributed by atoms with Gasteiger partial charge in [-0.3, -0.25) is 4.79 Å². The maximum atomic E-state index is 13.9. The Labute approximate surface area is 182 Å². The number of fused-ring (bicyclic) bond motifs is 1. The highest BCUT2D eigenvalue weighted by atomic mass is 19.4. The molecule has 0 radical (unpaired) electrons. The topological polar surface area (TPSA) is 71.3 Å². The lowest BCUT2D eigenvalue weighted by atomic mass is 10.0. The van der Waals surface area contributed by atoms with E-state index in [1.165, 1.54) is 11.4 Å². The summed E-state index contributed by atoms with van der Waals surface area (Å²) in [5.74, 6) is 0.140. The number of anilines is 3. The summed E-state index contributed by atoms with van der Waals surface area (Å²) in [4.78, 5) is 15.6. The summed E-state index contributed by atoms with van der Waals surface area (Å²) in [6.07, 6.45) is -4.65. The summed E-state index contributed by atoms with van der Waals surface area (Å²) >= 11 is 0. The molecule has 0 spiro atoms. The Balaban J connectivity index is 1.84. The molecule has 2 aromatic heterocycles. The summed E-state index contributed by atoms with van der Waals surface area (Å²) in [7, 11) is 0. The van der Waals surface area contributed by atoms with Crippen LogP contribution in [0.2, 0.25) is 0 Å². The van der Waals surface area contributed by atoms with Gasteiger partial charge in [-0.15, -0.1) is 0 Å². The van der Waals surface area contributed by atoms with Crippen LogP contribution in [0.25, 0.3) is 16.8 Å². The molecule has 2 N–H and O–H groups in total. The van der Waals surface area contributed by atoms with E-state index in [-0.39, 0.29) is 17.1 Å². The van der Waals surface area contributed by atoms with Crippen LogP contribution in [0.1, 0.15) is 23.9 Å². The second-order valence-electron chi connectivity index (χ2n) is 7.49. The van der Waals surface area contributed by atoms with Crippen LogP contribution in [0.3, 0.4) is 0 Å². The second kappa shape index (κ2) is 7.99. The number of carbonyl (C=O) groups is 1. The zero-order valence-corrected chi connectivity index (χ0v) is 17.6. The number of rotatable bonds is 4. The first-order valence-corrected chi connectivity index (χ1v) is 9.81. The van der Waals surface area contributed by atoms with E-state index in [0.717, 1.165) is 5.56 Å². The molecule has 0 aliphatic rings. The van der Waals surface area contributed by atoms with E-state index >= 15 is 0 Å². The molecule has 0 aliphatic heterocycles. The minimum Gasteiger partial charge on any atom is -0.340 e. The fourth-order valence-corrected chi connectivity index (χ4v) is 3.40. The predicted molar refractivity (Wildman–Crippen MR) is 117 cm³/mol. The molecule has 4 aromatic rings. The van der Waals surface area contributed by atoms with E-state index in [0.29, 0.717) is 28.5 Å². The number of alkyl halides is 3. The van der Waals surface area contributed by atoms with Crippen molar-refractivity contribution in [3.8, 4) is 11.1 Å². The van der Waals surface area contributed by atoms with Crippen LogP contribution in [0.4, 0.5) is 30.4 Å². The van der Waals surface area contributed by atoms with Crippen molar-refractivity contribution in [1.29, 1.82) is 0 Å². The third-order valence-corrected chi connectivity index (χ3v) is 4.80. The molecule has 0 saturated carbocycles. The molecule has 0 saturated heterocycles. The maximum absolute atomic E-state index is 13.9. The van der Waals surface area contributed by atoms with Gasteiger partial charge < -0.3 is 10.6 Å². The standard InChI is InChI=1S/C23H20F3N5O/c1-13-4-6-16(7-5-13)20-21(23(24,25)26)30-31-19(12-14(2)27-22(20)31)29-18-10-8-17(9-11-18)28-15(3)32/h4-12,29H,1-3H3,(H,28,32). The third-order valence-electron chi connectivity index (χ3n) is 4.80. The van der Waals surface area contributed by atoms with Gasteiger partial charge in [-0.1, -0.05) is 29.8 Å². The van der Waals surface area contributed by atoms with Crippen molar-refractivity contribution in [3.05, 3.63) is 71.5 Å². The van der Waals surface area contributed by atoms with E-state index in [4.69, 9.17) is 0 Å². The molecule has 0 bridgehead atoms. The van der Waals surface area contributed by atoms with Crippen LogP contribution in [0, 0.1) is 13.8 Å². The van der Waals surface area contributed by atoms with Crippen LogP contribution < -0.4 is 10.6 Å². The molecular formula is C23H20F3N5O. The van der Waals surface area contributed by atoms with Gasteiger partial charge >= 0.3 is 6.18 Å². The Morgan fingerprint density at radius 3 is 2.19 bits per heavy atom. The molecule has 0 atom stereocenters. The van der Waals surface area contributed by atoms with Gasteiger partial charge in [-0.2, -0.15) is 22.8 Å². The summed E-state index contributed by atoms with van der Waals surface area (Å²) < 4.78 is 42.9. The van der Waals surface area contributed by atoms with Crippen LogP contribution in [-0.4, -0.2) is 20.5 Å². The van der Waals surface area contributed by atoms with Crippen molar-refractivity contribution in [2.24, 2.45) is 0 Å². The Hall–Kier alpha value is -3.88. The molecule has 1 amide bonds. The molecule has 2 heterocycles. The number of nitrogens with one attached hydrogen (secondary N) is 2. The number of aryl methyl sites for hydroxylation is 2. The number of aromatic nitrogens is 3. The van der Waals surface area contributed by atoms with Crippen LogP contribution in [-0.2, 0) is 11.0 Å². The first-order chi connectivity index (χ1) is 15.1. The molecule has 0 aliphatic carbocycles. The second-order valence-corrected chi connectivity index (χ2v) is 7.49. The number of carbonyl (C=O) groups excluding carboxylic acids is 1. The lowest BCUT2D eigenvalue weighted by Crippen LogP contribution is -2.08. The fraction of sp³-hybridized carbons (Fsp3) is 0.174. The maximum Gasteiger partial charge on any atom is 0.435 e. The monoisotopic (exact) mass is 439 g/mol. The average Bonchev–Trinajstić information content (AvgIpc) is 3.10. The normalized spacial score (nSPS) is 11.6. The van der Waals surface area contributed by atoms with Crippen molar-refractivity contribution in [2.45, 2.75) is 26.9 Å². The largest absolute Gasteiger partial charge is 0.435 e. The van der Waals surface area contributed by atoms with Crippen molar-refractivity contribution in [2.75, 3.05) is 10.6 Å². The molecule has 32 heavy (non-hydrogen) atoms. The van der Waals surface area contributed by atoms with Crippen LogP contribution in [0.15, 0.2) is 54.6 Å². The highest BCUT2D eigenvalue weighted by Gasteiger charge is 2.39. The number of hydrogen-bond donors (Lipinski definition) is 2. The molecule has 4 rings (SSSR count). The van der Waals surface area contributed by atoms with Crippen molar-refractivity contribution >= 4 is 28.7 Å². The molecule has 9 heteroatoms. The van der Waals surface area contributed by atoms with E-state index in [2.05, 4.69) is 20.7 Å². The molecule has 2 aromatic carbocycles. The van der Waals surface area contributed by atoms with Crippen molar-refractivity contribution < 1.29 is 18.0 Å². The molecule has 0 fully saturated rings. The molecular weight excluding hydrogens is 419 g/mol. The lowest BCUT2D eigenvalue weighted by molar-refractivity contribution is -0.140. The summed E-state index contributed by atoms with van der Waals surface area (Å²) in [5, 5.41) is 9.65. The zero-order valence-electron chi connectivity index (χ0n) is 17.6. The van der Waals surface area contributed by atoms with Gasteiger partial charge in [0.25, 0.3) is 0 Å². The molecule has 0 unspecified atom stereocenters. The highest BCUT2D eigenvalue weighted by molar-refractivity contribution is 5.89. The van der Waals surface area contributed by atoms with Gasteiger partial charge in [0.1, 0.15) is 5.82 Å². The number of benzene rings is 2. The van der Waals surface area contributed by atoms with E-state index in [1.807, 2.05) is 6.92 Å². The first-order valence-electron chi connectivity index (χ1n) is 9.81. The van der Waals surface area contributed by atoms with Gasteiger partial charge in [0, 0.05) is 30.1 Å². The smallest absolute Gasteiger partial charge is 0.340 e. The van der Waals surface area contributed by atoms with E-state index in [1.54, 1.807) is 61.5 Å². The Morgan fingerprint density at radius 1 is 0.969 bits per heavy atom. The molecule has 164 valence electrons. The fourth-order valence-electron chi connectivity index (χ4n) is 3.40. The van der Waals surface area contributed by atoms with Crippen LogP contribution in [0.5, 0.6) is 0 Å². The average molecular weight is 439 g/mol.